The first-order valence-corrected chi connectivity index (χ1v) is 11.0. The van der Waals surface area contributed by atoms with Crippen molar-refractivity contribution >= 4 is 11.9 Å². The number of rotatable bonds is 12. The molecule has 0 fully saturated rings. The summed E-state index contributed by atoms with van der Waals surface area (Å²) >= 11 is 0. The molecule has 2 rings (SSSR count). The van der Waals surface area contributed by atoms with Gasteiger partial charge >= 0.3 is 11.9 Å². The lowest BCUT2D eigenvalue weighted by molar-refractivity contribution is -0.164. The number of carbonyl (C=O) groups is 2. The van der Waals surface area contributed by atoms with Crippen molar-refractivity contribution in [1.29, 1.82) is 0 Å². The Hall–Kier alpha value is -2.44. The van der Waals surface area contributed by atoms with Crippen molar-refractivity contribution in [3.05, 3.63) is 35.9 Å². The molecule has 7 heteroatoms. The van der Waals surface area contributed by atoms with Crippen molar-refractivity contribution in [3.63, 3.8) is 0 Å². The summed E-state index contributed by atoms with van der Waals surface area (Å²) in [5, 5.41) is 10.3. The Morgan fingerprint density at radius 3 is 2.10 bits per heavy atom. The van der Waals surface area contributed by atoms with E-state index in [1.165, 1.54) is 52.7 Å². The van der Waals surface area contributed by atoms with Gasteiger partial charge in [0, 0.05) is 13.0 Å². The highest BCUT2D eigenvalue weighted by molar-refractivity contribution is 6.05. The fourth-order valence-corrected chi connectivity index (χ4v) is 3.86. The molecule has 30 heavy (non-hydrogen) atoms. The molecule has 1 atom stereocenters. The summed E-state index contributed by atoms with van der Waals surface area (Å²) in [6.45, 7) is 2.95. The van der Waals surface area contributed by atoms with Gasteiger partial charge in [-0.05, 0) is 12.0 Å². The number of hydrogen-bond acceptors (Lipinski definition) is 7. The minimum absolute atomic E-state index is 0.136. The Labute approximate surface area is 179 Å². The fourth-order valence-electron chi connectivity index (χ4n) is 3.86. The molecule has 0 N–H and O–H groups in total. The standard InChI is InChI=1S/C23H35N3O4/c1-4-5-6-7-8-9-10-14-17-26-20(19-15-12-11-13-16-19)18-23(24-25-26,21(27)29-2)22(28)30-3/h11-13,15-16,20H,4-10,14,17-18H2,1-3H3/t20-/m1/s1. The maximum atomic E-state index is 12.5. The van der Waals surface area contributed by atoms with Gasteiger partial charge < -0.3 is 9.47 Å². The molecule has 0 bridgehead atoms. The highest BCUT2D eigenvalue weighted by atomic mass is 16.5. The molecular weight excluding hydrogens is 382 g/mol. The maximum absolute atomic E-state index is 12.5. The summed E-state index contributed by atoms with van der Waals surface area (Å²) in [4.78, 5) is 25.0. The Balaban J connectivity index is 2.08. The highest BCUT2D eigenvalue weighted by Crippen LogP contribution is 2.38. The lowest BCUT2D eigenvalue weighted by Gasteiger charge is -2.37. The molecule has 0 aromatic heterocycles. The second-order valence-corrected chi connectivity index (χ2v) is 7.80. The molecule has 0 saturated carbocycles. The number of hydrogen-bond donors (Lipinski definition) is 0. The van der Waals surface area contributed by atoms with E-state index < -0.39 is 17.5 Å². The van der Waals surface area contributed by atoms with E-state index >= 15 is 0 Å². The van der Waals surface area contributed by atoms with Crippen molar-refractivity contribution in [3.8, 4) is 0 Å². The van der Waals surface area contributed by atoms with Gasteiger partial charge in [0.25, 0.3) is 5.54 Å². The maximum Gasteiger partial charge on any atom is 0.347 e. The zero-order valence-corrected chi connectivity index (χ0v) is 18.5. The van der Waals surface area contributed by atoms with Gasteiger partial charge in [0.1, 0.15) is 0 Å². The van der Waals surface area contributed by atoms with Gasteiger partial charge in [-0.3, -0.25) is 5.01 Å². The Morgan fingerprint density at radius 1 is 0.967 bits per heavy atom. The van der Waals surface area contributed by atoms with Crippen LogP contribution < -0.4 is 0 Å². The predicted octanol–water partition coefficient (Wildman–Crippen LogP) is 5.03. The summed E-state index contributed by atoms with van der Waals surface area (Å²) < 4.78 is 9.75. The Morgan fingerprint density at radius 2 is 1.53 bits per heavy atom. The lowest BCUT2D eigenvalue weighted by atomic mass is 9.87. The van der Waals surface area contributed by atoms with E-state index in [0.29, 0.717) is 0 Å². The molecule has 1 heterocycles. The van der Waals surface area contributed by atoms with E-state index in [-0.39, 0.29) is 12.5 Å². The van der Waals surface area contributed by atoms with Gasteiger partial charge in [-0.15, -0.1) is 5.11 Å². The van der Waals surface area contributed by atoms with E-state index in [2.05, 4.69) is 17.3 Å². The smallest absolute Gasteiger partial charge is 0.347 e. The summed E-state index contributed by atoms with van der Waals surface area (Å²) in [5.41, 5.74) is -0.785. The van der Waals surface area contributed by atoms with Crippen LogP contribution in [0.4, 0.5) is 0 Å². The molecule has 0 saturated heterocycles. The van der Waals surface area contributed by atoms with Crippen LogP contribution in [0.1, 0.15) is 76.3 Å². The normalized spacial score (nSPS) is 17.6. The number of carbonyl (C=O) groups excluding carboxylic acids is 2. The first-order valence-electron chi connectivity index (χ1n) is 11.0. The van der Waals surface area contributed by atoms with Crippen LogP contribution in [0.3, 0.4) is 0 Å². The van der Waals surface area contributed by atoms with Crippen LogP contribution in [0, 0.1) is 0 Å². The highest BCUT2D eigenvalue weighted by Gasteiger charge is 2.54. The van der Waals surface area contributed by atoms with Crippen molar-refractivity contribution < 1.29 is 19.1 Å². The lowest BCUT2D eigenvalue weighted by Crippen LogP contribution is -2.51. The van der Waals surface area contributed by atoms with E-state index in [1.807, 2.05) is 35.3 Å². The minimum Gasteiger partial charge on any atom is -0.467 e. The molecular formula is C23H35N3O4. The Kier molecular flexibility index (Phi) is 9.77. The molecule has 0 radical (unpaired) electrons. The summed E-state index contributed by atoms with van der Waals surface area (Å²) in [6, 6.07) is 9.51. The topological polar surface area (TPSA) is 80.6 Å². The summed E-state index contributed by atoms with van der Waals surface area (Å²) in [5.74, 6) is -1.49. The molecule has 0 amide bonds. The van der Waals surface area contributed by atoms with Gasteiger partial charge in [0.05, 0.1) is 20.3 Å². The number of nitrogens with zero attached hydrogens (tertiary/aromatic N) is 3. The third-order valence-corrected chi connectivity index (χ3v) is 5.65. The zero-order valence-electron chi connectivity index (χ0n) is 18.5. The quantitative estimate of drug-likeness (QED) is 0.271. The molecule has 0 aliphatic carbocycles. The van der Waals surface area contributed by atoms with E-state index in [9.17, 15) is 9.59 Å². The first-order chi connectivity index (χ1) is 14.6. The number of ether oxygens (including phenoxy) is 2. The van der Waals surface area contributed by atoms with Crippen molar-refractivity contribution in [2.45, 2.75) is 76.3 Å². The van der Waals surface area contributed by atoms with Crippen molar-refractivity contribution in [2.24, 2.45) is 10.3 Å². The molecule has 0 unspecified atom stereocenters. The van der Waals surface area contributed by atoms with Crippen LogP contribution in [0.5, 0.6) is 0 Å². The van der Waals surface area contributed by atoms with Crippen LogP contribution in [0.2, 0.25) is 0 Å². The van der Waals surface area contributed by atoms with Crippen LogP contribution >= 0.6 is 0 Å². The van der Waals surface area contributed by atoms with Gasteiger partial charge in [-0.2, -0.15) is 0 Å². The average Bonchev–Trinajstić information content (AvgIpc) is 2.80. The number of unbranched alkanes of at least 4 members (excludes halogenated alkanes) is 7. The zero-order chi connectivity index (χ0) is 21.8. The molecule has 7 nitrogen and oxygen atoms in total. The third kappa shape index (κ3) is 6.03. The second-order valence-electron chi connectivity index (χ2n) is 7.80. The second kappa shape index (κ2) is 12.3. The van der Waals surface area contributed by atoms with Crippen LogP contribution in [-0.4, -0.2) is 43.3 Å². The van der Waals surface area contributed by atoms with E-state index in [4.69, 9.17) is 9.47 Å². The summed E-state index contributed by atoms with van der Waals surface area (Å²) in [6.07, 6.45) is 9.90. The largest absolute Gasteiger partial charge is 0.467 e. The molecule has 0 spiro atoms. The van der Waals surface area contributed by atoms with Gasteiger partial charge in [0.15, 0.2) is 0 Å². The van der Waals surface area contributed by atoms with Crippen LogP contribution in [0.15, 0.2) is 40.7 Å². The first kappa shape index (κ1) is 23.8. The molecule has 166 valence electrons. The monoisotopic (exact) mass is 417 g/mol. The average molecular weight is 418 g/mol. The SMILES string of the molecule is CCCCCCCCCCN1N=NC(C(=O)OC)(C(=O)OC)C[C@@H]1c1ccccc1. The molecule has 1 aromatic carbocycles. The third-order valence-electron chi connectivity index (χ3n) is 5.65. The van der Waals surface area contributed by atoms with Crippen molar-refractivity contribution in [2.75, 3.05) is 20.8 Å². The fraction of sp³-hybridized carbons (Fsp3) is 0.652. The molecule has 1 aliphatic rings. The number of esters is 2. The van der Waals surface area contributed by atoms with Crippen LogP contribution in [-0.2, 0) is 19.1 Å². The van der Waals surface area contributed by atoms with Gasteiger partial charge in [-0.1, -0.05) is 87.4 Å². The van der Waals surface area contributed by atoms with E-state index in [1.54, 1.807) is 0 Å². The number of benzene rings is 1. The predicted molar refractivity (Wildman–Crippen MR) is 115 cm³/mol. The summed E-state index contributed by atoms with van der Waals surface area (Å²) in [7, 11) is 2.49. The number of methoxy groups -OCH3 is 2. The van der Waals surface area contributed by atoms with Gasteiger partial charge in [-0.25, -0.2) is 9.59 Å². The Bertz CT molecular complexity index is 677. The van der Waals surface area contributed by atoms with Crippen LogP contribution in [0.25, 0.3) is 0 Å². The molecule has 1 aromatic rings. The molecule has 1 aliphatic heterocycles. The van der Waals surface area contributed by atoms with Gasteiger partial charge in [0.2, 0.25) is 0 Å². The minimum atomic E-state index is -1.76. The van der Waals surface area contributed by atoms with Crippen molar-refractivity contribution in [1.82, 2.24) is 5.01 Å². The van der Waals surface area contributed by atoms with E-state index in [0.717, 1.165) is 24.9 Å².